The maximum Gasteiger partial charge on any atom is 0.433 e. The van der Waals surface area contributed by atoms with Crippen molar-refractivity contribution in [2.24, 2.45) is 0 Å². The highest BCUT2D eigenvalue weighted by molar-refractivity contribution is 7.90. The van der Waals surface area contributed by atoms with Crippen molar-refractivity contribution in [1.82, 2.24) is 14.5 Å². The molecule has 0 aliphatic carbocycles. The van der Waals surface area contributed by atoms with Crippen molar-refractivity contribution in [1.29, 1.82) is 0 Å². The van der Waals surface area contributed by atoms with E-state index in [0.29, 0.717) is 19.6 Å². The second-order valence-electron chi connectivity index (χ2n) is 7.15. The third-order valence-corrected chi connectivity index (χ3v) is 5.66. The van der Waals surface area contributed by atoms with Crippen LogP contribution in [0.2, 0.25) is 0 Å². The minimum absolute atomic E-state index is 0.0261. The minimum Gasteiger partial charge on any atom is -0.341 e. The first kappa shape index (κ1) is 22.1. The van der Waals surface area contributed by atoms with Crippen molar-refractivity contribution in [3.8, 4) is 0 Å². The van der Waals surface area contributed by atoms with E-state index in [9.17, 15) is 21.6 Å². The van der Waals surface area contributed by atoms with Crippen LogP contribution in [0.25, 0.3) is 10.9 Å². The summed E-state index contributed by atoms with van der Waals surface area (Å²) >= 11 is 0. The second kappa shape index (κ2) is 8.25. The smallest absolute Gasteiger partial charge is 0.341 e. The Morgan fingerprint density at radius 1 is 1.10 bits per heavy atom. The third kappa shape index (κ3) is 4.58. The number of nitrogens with zero attached hydrogens (tertiary/aromatic N) is 4. The van der Waals surface area contributed by atoms with Gasteiger partial charge in [0.05, 0.1) is 11.4 Å². The zero-order valence-electron chi connectivity index (χ0n) is 16.9. The van der Waals surface area contributed by atoms with Gasteiger partial charge in [-0.3, -0.25) is 0 Å². The normalized spacial score (nSPS) is 14.3. The number of aromatic nitrogens is 3. The van der Waals surface area contributed by atoms with Crippen molar-refractivity contribution >= 4 is 26.7 Å². The molecular formula is C20H23F3N4O2S. The van der Waals surface area contributed by atoms with Crippen molar-refractivity contribution in [2.45, 2.75) is 44.4 Å². The van der Waals surface area contributed by atoms with Crippen LogP contribution >= 0.6 is 0 Å². The highest BCUT2D eigenvalue weighted by Crippen LogP contribution is 2.30. The van der Waals surface area contributed by atoms with E-state index in [2.05, 4.69) is 23.8 Å². The van der Waals surface area contributed by atoms with Crippen LogP contribution in [0.15, 0.2) is 41.4 Å². The van der Waals surface area contributed by atoms with Crippen LogP contribution < -0.4 is 4.90 Å². The van der Waals surface area contributed by atoms with Gasteiger partial charge in [-0.25, -0.2) is 18.4 Å². The molecule has 0 spiro atoms. The number of fused-ring (bicyclic) bond motifs is 3. The van der Waals surface area contributed by atoms with Gasteiger partial charge >= 0.3 is 6.18 Å². The summed E-state index contributed by atoms with van der Waals surface area (Å²) in [6.45, 7) is 5.50. The van der Waals surface area contributed by atoms with Gasteiger partial charge in [0.2, 0.25) is 5.95 Å². The largest absolute Gasteiger partial charge is 0.433 e. The molecule has 0 fully saturated rings. The standard InChI is InChI=1S/C17H15F3N4O2S.C3H8/c1-27(25,26)13-3-2-11-8-12-10-23(6-7-24(12)14(11)9-13)16-21-5-4-15(22-16)17(18,19)20;1-3-2/h2-5,8-9H,6-7,10H2,1H3;3H2,1-2H3. The van der Waals surface area contributed by atoms with Gasteiger partial charge in [0.15, 0.2) is 9.84 Å². The SMILES string of the molecule is CCC.CS(=O)(=O)c1ccc2cc3n(c2c1)CCN(c1nccc(C(F)(F)F)n1)C3. The quantitative estimate of drug-likeness (QED) is 0.595. The lowest BCUT2D eigenvalue weighted by atomic mass is 10.2. The Bertz CT molecular complexity index is 1160. The lowest BCUT2D eigenvalue weighted by Gasteiger charge is -2.29. The van der Waals surface area contributed by atoms with Gasteiger partial charge in [0.25, 0.3) is 0 Å². The maximum absolute atomic E-state index is 12.9. The average Bonchev–Trinajstić information content (AvgIpc) is 3.04. The number of halogens is 3. The summed E-state index contributed by atoms with van der Waals surface area (Å²) in [7, 11) is -3.32. The molecule has 0 N–H and O–H groups in total. The molecule has 30 heavy (non-hydrogen) atoms. The lowest BCUT2D eigenvalue weighted by molar-refractivity contribution is -0.141. The number of sulfone groups is 1. The van der Waals surface area contributed by atoms with Gasteiger partial charge in [-0.05, 0) is 24.3 Å². The fourth-order valence-electron chi connectivity index (χ4n) is 3.24. The molecule has 10 heteroatoms. The summed E-state index contributed by atoms with van der Waals surface area (Å²) < 4.78 is 64.2. The van der Waals surface area contributed by atoms with E-state index >= 15 is 0 Å². The van der Waals surface area contributed by atoms with Crippen molar-refractivity contribution in [3.05, 3.63) is 47.9 Å². The molecule has 0 atom stereocenters. The summed E-state index contributed by atoms with van der Waals surface area (Å²) in [5.74, 6) is 0.0261. The van der Waals surface area contributed by atoms with Crippen LogP contribution in [0.4, 0.5) is 19.1 Å². The average molecular weight is 440 g/mol. The van der Waals surface area contributed by atoms with E-state index < -0.39 is 21.7 Å². The molecular weight excluding hydrogens is 417 g/mol. The highest BCUT2D eigenvalue weighted by atomic mass is 32.2. The Morgan fingerprint density at radius 2 is 1.80 bits per heavy atom. The van der Waals surface area contributed by atoms with E-state index in [4.69, 9.17) is 0 Å². The predicted molar refractivity (Wildman–Crippen MR) is 109 cm³/mol. The van der Waals surface area contributed by atoms with Crippen LogP contribution in [0.5, 0.6) is 0 Å². The Hall–Kier alpha value is -2.62. The molecule has 4 rings (SSSR count). The molecule has 1 aliphatic heterocycles. The molecule has 0 unspecified atom stereocenters. The van der Waals surface area contributed by atoms with Gasteiger partial charge in [-0.15, -0.1) is 0 Å². The third-order valence-electron chi connectivity index (χ3n) is 4.55. The summed E-state index contributed by atoms with van der Waals surface area (Å²) in [6, 6.07) is 7.67. The molecule has 0 saturated carbocycles. The molecule has 3 heterocycles. The molecule has 3 aromatic rings. The predicted octanol–water partition coefficient (Wildman–Crippen LogP) is 4.29. The van der Waals surface area contributed by atoms with Gasteiger partial charge < -0.3 is 9.47 Å². The second-order valence-corrected chi connectivity index (χ2v) is 9.16. The number of anilines is 1. The maximum atomic E-state index is 12.9. The Labute approximate surface area is 173 Å². The lowest BCUT2D eigenvalue weighted by Crippen LogP contribution is -2.34. The van der Waals surface area contributed by atoms with E-state index in [1.165, 1.54) is 6.42 Å². The first-order valence-electron chi connectivity index (χ1n) is 9.52. The van der Waals surface area contributed by atoms with E-state index in [0.717, 1.165) is 35.1 Å². The van der Waals surface area contributed by atoms with Gasteiger partial charge in [-0.2, -0.15) is 13.2 Å². The Balaban J connectivity index is 0.000000806. The number of hydrogen-bond acceptors (Lipinski definition) is 5. The number of benzene rings is 1. The van der Waals surface area contributed by atoms with Gasteiger partial charge in [0, 0.05) is 42.1 Å². The van der Waals surface area contributed by atoms with Crippen molar-refractivity contribution in [3.63, 3.8) is 0 Å². The zero-order valence-corrected chi connectivity index (χ0v) is 17.8. The number of hydrogen-bond donors (Lipinski definition) is 0. The Kier molecular flexibility index (Phi) is 6.07. The molecule has 2 aromatic heterocycles. The molecule has 1 aromatic carbocycles. The molecule has 1 aliphatic rings. The highest BCUT2D eigenvalue weighted by Gasteiger charge is 2.33. The summed E-state index contributed by atoms with van der Waals surface area (Å²) in [5, 5.41) is 0.879. The molecule has 6 nitrogen and oxygen atoms in total. The fraction of sp³-hybridized carbons (Fsp3) is 0.400. The summed E-state index contributed by atoms with van der Waals surface area (Å²) in [5.41, 5.74) is 0.678. The van der Waals surface area contributed by atoms with E-state index in [1.54, 1.807) is 23.1 Å². The van der Waals surface area contributed by atoms with Crippen LogP contribution in [0, 0.1) is 0 Å². The van der Waals surface area contributed by atoms with Crippen molar-refractivity contribution in [2.75, 3.05) is 17.7 Å². The van der Waals surface area contributed by atoms with E-state index in [1.807, 2.05) is 10.6 Å². The molecule has 162 valence electrons. The van der Waals surface area contributed by atoms with Crippen molar-refractivity contribution < 1.29 is 21.6 Å². The summed E-state index contributed by atoms with van der Waals surface area (Å²) in [4.78, 5) is 9.54. The topological polar surface area (TPSA) is 68.1 Å². The van der Waals surface area contributed by atoms with Crippen LogP contribution in [-0.2, 0) is 29.1 Å². The minimum atomic E-state index is -4.52. The van der Waals surface area contributed by atoms with Gasteiger partial charge in [-0.1, -0.05) is 26.3 Å². The van der Waals surface area contributed by atoms with Crippen LogP contribution in [0.3, 0.4) is 0 Å². The Morgan fingerprint density at radius 3 is 2.43 bits per heavy atom. The van der Waals surface area contributed by atoms with Gasteiger partial charge in [0.1, 0.15) is 5.69 Å². The number of rotatable bonds is 2. The first-order chi connectivity index (χ1) is 14.0. The van der Waals surface area contributed by atoms with Crippen LogP contribution in [-0.4, -0.2) is 35.8 Å². The van der Waals surface area contributed by atoms with E-state index in [-0.39, 0.29) is 10.8 Å². The first-order valence-corrected chi connectivity index (χ1v) is 11.4. The summed E-state index contributed by atoms with van der Waals surface area (Å²) in [6.07, 6.45) is -1.01. The molecule has 0 saturated heterocycles. The zero-order chi connectivity index (χ0) is 22.1. The number of alkyl halides is 3. The van der Waals surface area contributed by atoms with Crippen LogP contribution in [0.1, 0.15) is 31.7 Å². The molecule has 0 bridgehead atoms. The fourth-order valence-corrected chi connectivity index (χ4v) is 3.88. The molecule has 0 amide bonds. The molecule has 0 radical (unpaired) electrons. The monoisotopic (exact) mass is 440 g/mol.